The molecule has 0 radical (unpaired) electrons. The van der Waals surface area contributed by atoms with Crippen LogP contribution in [0.2, 0.25) is 0 Å². The van der Waals surface area contributed by atoms with Gasteiger partial charge in [0.25, 0.3) is 11.6 Å². The number of rotatable bonds is 6. The molecule has 1 atom stereocenters. The summed E-state index contributed by atoms with van der Waals surface area (Å²) >= 11 is 1.69. The Balaban J connectivity index is 1.69. The van der Waals surface area contributed by atoms with Crippen LogP contribution in [0.15, 0.2) is 41.8 Å². The van der Waals surface area contributed by atoms with E-state index < -0.39 is 4.92 Å². The van der Waals surface area contributed by atoms with Crippen molar-refractivity contribution in [1.29, 1.82) is 0 Å². The third-order valence-electron chi connectivity index (χ3n) is 4.23. The summed E-state index contributed by atoms with van der Waals surface area (Å²) < 4.78 is 0. The number of thiophene rings is 1. The number of nitrogens with one attached hydrogen (secondary N) is 1. The molecule has 1 amide bonds. The molecule has 1 fully saturated rings. The van der Waals surface area contributed by atoms with Crippen LogP contribution in [0.4, 0.5) is 5.69 Å². The smallest absolute Gasteiger partial charge is 0.270 e. The fourth-order valence-corrected chi connectivity index (χ4v) is 3.86. The Morgan fingerprint density at radius 1 is 1.29 bits per heavy atom. The zero-order valence-corrected chi connectivity index (χ0v) is 14.0. The lowest BCUT2D eigenvalue weighted by Crippen LogP contribution is -2.36. The highest BCUT2D eigenvalue weighted by atomic mass is 32.1. The lowest BCUT2D eigenvalue weighted by atomic mass is 10.1. The van der Waals surface area contributed by atoms with Crippen molar-refractivity contribution in [2.24, 2.45) is 0 Å². The van der Waals surface area contributed by atoms with E-state index in [2.05, 4.69) is 16.3 Å². The van der Waals surface area contributed by atoms with Crippen molar-refractivity contribution in [2.45, 2.75) is 18.9 Å². The number of carbonyl (C=O) groups excluding carboxylic acids is 1. The second-order valence-electron chi connectivity index (χ2n) is 5.79. The van der Waals surface area contributed by atoms with Gasteiger partial charge in [0.05, 0.1) is 11.0 Å². The van der Waals surface area contributed by atoms with E-state index in [4.69, 9.17) is 0 Å². The van der Waals surface area contributed by atoms with Gasteiger partial charge in [0.2, 0.25) is 0 Å². The van der Waals surface area contributed by atoms with Crippen LogP contribution < -0.4 is 5.32 Å². The maximum atomic E-state index is 12.4. The van der Waals surface area contributed by atoms with E-state index in [9.17, 15) is 14.9 Å². The summed E-state index contributed by atoms with van der Waals surface area (Å²) in [5.74, 6) is -0.278. The summed E-state index contributed by atoms with van der Waals surface area (Å²) in [7, 11) is 0. The molecule has 3 rings (SSSR count). The first kappa shape index (κ1) is 16.6. The summed E-state index contributed by atoms with van der Waals surface area (Å²) in [5.41, 5.74) is 0.243. The monoisotopic (exact) mass is 345 g/mol. The van der Waals surface area contributed by atoms with Crippen LogP contribution in [0.25, 0.3) is 0 Å². The molecular weight excluding hydrogens is 326 g/mol. The molecule has 1 aliphatic rings. The number of amides is 1. The summed E-state index contributed by atoms with van der Waals surface area (Å²) in [5, 5.41) is 15.8. The number of likely N-dealkylation sites (tertiary alicyclic amines) is 1. The Morgan fingerprint density at radius 3 is 2.75 bits per heavy atom. The maximum absolute atomic E-state index is 12.4. The molecule has 24 heavy (non-hydrogen) atoms. The van der Waals surface area contributed by atoms with Gasteiger partial charge in [-0.15, -0.1) is 11.3 Å². The topological polar surface area (TPSA) is 75.5 Å². The van der Waals surface area contributed by atoms with Gasteiger partial charge >= 0.3 is 0 Å². The van der Waals surface area contributed by atoms with E-state index in [1.807, 2.05) is 11.4 Å². The van der Waals surface area contributed by atoms with E-state index in [1.54, 1.807) is 17.4 Å². The Kier molecular flexibility index (Phi) is 5.22. The molecule has 126 valence electrons. The molecule has 0 bridgehead atoms. The van der Waals surface area contributed by atoms with E-state index in [0.29, 0.717) is 12.1 Å². The van der Waals surface area contributed by atoms with Crippen molar-refractivity contribution in [3.63, 3.8) is 0 Å². The van der Waals surface area contributed by atoms with Gasteiger partial charge in [-0.1, -0.05) is 12.1 Å². The fraction of sp³-hybridized carbons (Fsp3) is 0.353. The number of nitrogens with zero attached hydrogens (tertiary/aromatic N) is 2. The molecule has 1 unspecified atom stereocenters. The molecule has 1 saturated heterocycles. The maximum Gasteiger partial charge on any atom is 0.270 e. The third kappa shape index (κ3) is 3.80. The highest BCUT2D eigenvalue weighted by Gasteiger charge is 2.25. The van der Waals surface area contributed by atoms with Crippen molar-refractivity contribution in [2.75, 3.05) is 19.6 Å². The lowest BCUT2D eigenvalue weighted by Gasteiger charge is -2.26. The van der Waals surface area contributed by atoms with Crippen LogP contribution in [0, 0.1) is 10.1 Å². The fourth-order valence-electron chi connectivity index (χ4n) is 3.00. The Morgan fingerprint density at radius 2 is 2.08 bits per heavy atom. The van der Waals surface area contributed by atoms with Crippen molar-refractivity contribution in [3.8, 4) is 0 Å². The van der Waals surface area contributed by atoms with Crippen molar-refractivity contribution < 1.29 is 9.72 Å². The molecule has 2 heterocycles. The Hall–Kier alpha value is -2.25. The van der Waals surface area contributed by atoms with Crippen molar-refractivity contribution >= 4 is 22.9 Å². The van der Waals surface area contributed by atoms with Gasteiger partial charge in [0.1, 0.15) is 0 Å². The first-order valence-corrected chi connectivity index (χ1v) is 8.83. The third-order valence-corrected chi connectivity index (χ3v) is 5.20. The summed E-state index contributed by atoms with van der Waals surface area (Å²) in [4.78, 5) is 26.3. The van der Waals surface area contributed by atoms with Crippen LogP contribution >= 0.6 is 11.3 Å². The first-order valence-electron chi connectivity index (χ1n) is 7.95. The molecular formula is C17H19N3O3S. The first-order chi connectivity index (χ1) is 11.6. The average molecular weight is 345 g/mol. The second-order valence-corrected chi connectivity index (χ2v) is 6.77. The highest BCUT2D eigenvalue weighted by molar-refractivity contribution is 7.10. The van der Waals surface area contributed by atoms with Gasteiger partial charge < -0.3 is 5.32 Å². The summed E-state index contributed by atoms with van der Waals surface area (Å²) in [6, 6.07) is 10.1. The van der Waals surface area contributed by atoms with Gasteiger partial charge in [-0.2, -0.15) is 0 Å². The van der Waals surface area contributed by atoms with Crippen molar-refractivity contribution in [3.05, 3.63) is 62.3 Å². The molecule has 0 aliphatic carbocycles. The molecule has 1 aliphatic heterocycles. The molecule has 1 N–H and O–H groups in total. The van der Waals surface area contributed by atoms with E-state index in [0.717, 1.165) is 13.1 Å². The van der Waals surface area contributed by atoms with Gasteiger partial charge in [-0.05, 0) is 43.4 Å². The van der Waals surface area contributed by atoms with Crippen LogP contribution in [-0.2, 0) is 0 Å². The Labute approximate surface area is 144 Å². The number of carbonyl (C=O) groups is 1. The zero-order chi connectivity index (χ0) is 16.9. The lowest BCUT2D eigenvalue weighted by molar-refractivity contribution is -0.384. The number of nitro benzene ring substituents is 1. The number of hydrogen-bond donors (Lipinski definition) is 1. The molecule has 2 aromatic rings. The average Bonchev–Trinajstić information content (AvgIpc) is 3.29. The van der Waals surface area contributed by atoms with Crippen molar-refractivity contribution in [1.82, 2.24) is 10.2 Å². The normalized spacial score (nSPS) is 16.0. The number of nitro groups is 1. The SMILES string of the molecule is O=C(NCC(c1cccs1)N1CCCC1)c1cccc([N+](=O)[O-])c1. The molecule has 7 heteroatoms. The molecule has 1 aromatic heterocycles. The number of benzene rings is 1. The summed E-state index contributed by atoms with van der Waals surface area (Å²) in [6.45, 7) is 2.58. The van der Waals surface area contributed by atoms with Gasteiger partial charge in [0.15, 0.2) is 0 Å². The van der Waals surface area contributed by atoms with E-state index in [1.165, 1.54) is 35.9 Å². The minimum Gasteiger partial charge on any atom is -0.350 e. The largest absolute Gasteiger partial charge is 0.350 e. The van der Waals surface area contributed by atoms with Gasteiger partial charge in [-0.3, -0.25) is 19.8 Å². The van der Waals surface area contributed by atoms with E-state index >= 15 is 0 Å². The predicted molar refractivity (Wildman–Crippen MR) is 93.3 cm³/mol. The minimum absolute atomic E-state index is 0.0722. The van der Waals surface area contributed by atoms with Gasteiger partial charge in [0, 0.05) is 29.1 Å². The van der Waals surface area contributed by atoms with Crippen LogP contribution in [-0.4, -0.2) is 35.4 Å². The van der Waals surface area contributed by atoms with Gasteiger partial charge in [-0.25, -0.2) is 0 Å². The molecule has 0 spiro atoms. The van der Waals surface area contributed by atoms with E-state index in [-0.39, 0.29) is 17.6 Å². The highest BCUT2D eigenvalue weighted by Crippen LogP contribution is 2.28. The second kappa shape index (κ2) is 7.55. The van der Waals surface area contributed by atoms with Crippen LogP contribution in [0.3, 0.4) is 0 Å². The predicted octanol–water partition coefficient (Wildman–Crippen LogP) is 3.22. The minimum atomic E-state index is -0.491. The van der Waals surface area contributed by atoms with Crippen LogP contribution in [0.1, 0.15) is 34.1 Å². The number of hydrogen-bond acceptors (Lipinski definition) is 5. The quantitative estimate of drug-likeness (QED) is 0.644. The summed E-state index contributed by atoms with van der Waals surface area (Å²) in [6.07, 6.45) is 2.36. The molecule has 1 aromatic carbocycles. The van der Waals surface area contributed by atoms with Crippen LogP contribution in [0.5, 0.6) is 0 Å². The standard InChI is InChI=1S/C17H19N3O3S/c21-17(13-5-3-6-14(11-13)20(22)23)18-12-15(16-7-4-10-24-16)19-8-1-2-9-19/h3-7,10-11,15H,1-2,8-9,12H2,(H,18,21). The number of non-ortho nitro benzene ring substituents is 1. The zero-order valence-electron chi connectivity index (χ0n) is 13.2. The Bertz CT molecular complexity index is 712. The molecule has 0 saturated carbocycles. The molecule has 6 nitrogen and oxygen atoms in total.